The fourth-order valence-electron chi connectivity index (χ4n) is 3.01. The van der Waals surface area contributed by atoms with Crippen molar-refractivity contribution in [2.24, 2.45) is 5.73 Å². The highest BCUT2D eigenvalue weighted by Gasteiger charge is 2.27. The number of hydroxylamine groups is 2. The zero-order valence-corrected chi connectivity index (χ0v) is 11.7. The van der Waals surface area contributed by atoms with Gasteiger partial charge in [-0.2, -0.15) is 5.06 Å². The standard InChI is InChI=1S/C17H18N2O2/c18-17(20)19(21)16-8-4-7-14-11-13(9-10-15(14)16)12-5-2-1-3-6-12/h1-3,5-6,9-11,16,21H,4,7-8H2,(H2,18,20)/t16-/m1/s1. The number of aryl methyl sites for hydroxylation is 1. The van der Waals surface area contributed by atoms with E-state index in [0.717, 1.165) is 36.0 Å². The second kappa shape index (κ2) is 5.58. The maximum absolute atomic E-state index is 11.2. The fourth-order valence-corrected chi connectivity index (χ4v) is 3.01. The maximum atomic E-state index is 11.2. The average molecular weight is 282 g/mol. The number of amides is 2. The van der Waals surface area contributed by atoms with Gasteiger partial charge in [0.2, 0.25) is 0 Å². The Bertz CT molecular complexity index is 655. The van der Waals surface area contributed by atoms with Crippen LogP contribution in [0.25, 0.3) is 11.1 Å². The first-order chi connectivity index (χ1) is 10.2. The average Bonchev–Trinajstić information content (AvgIpc) is 2.53. The van der Waals surface area contributed by atoms with Crippen LogP contribution in [0.2, 0.25) is 0 Å². The number of primary amides is 1. The van der Waals surface area contributed by atoms with E-state index >= 15 is 0 Å². The number of hydrogen-bond acceptors (Lipinski definition) is 2. The van der Waals surface area contributed by atoms with Crippen molar-refractivity contribution in [3.63, 3.8) is 0 Å². The molecule has 3 N–H and O–H groups in total. The van der Waals surface area contributed by atoms with Crippen LogP contribution < -0.4 is 5.73 Å². The maximum Gasteiger partial charge on any atom is 0.339 e. The molecule has 0 radical (unpaired) electrons. The first kappa shape index (κ1) is 13.6. The van der Waals surface area contributed by atoms with Gasteiger partial charge in [-0.3, -0.25) is 5.21 Å². The lowest BCUT2D eigenvalue weighted by atomic mass is 9.85. The predicted molar refractivity (Wildman–Crippen MR) is 80.8 cm³/mol. The van der Waals surface area contributed by atoms with Gasteiger partial charge >= 0.3 is 6.03 Å². The molecule has 2 amide bonds. The summed E-state index contributed by atoms with van der Waals surface area (Å²) in [6.07, 6.45) is 2.62. The fraction of sp³-hybridized carbons (Fsp3) is 0.235. The summed E-state index contributed by atoms with van der Waals surface area (Å²) < 4.78 is 0. The van der Waals surface area contributed by atoms with Crippen molar-refractivity contribution in [3.05, 3.63) is 59.7 Å². The minimum absolute atomic E-state index is 0.337. The molecule has 0 spiro atoms. The van der Waals surface area contributed by atoms with Crippen LogP contribution in [0.4, 0.5) is 4.79 Å². The smallest absolute Gasteiger partial charge is 0.339 e. The molecule has 4 heteroatoms. The number of carbonyl (C=O) groups excluding carboxylic acids is 1. The lowest BCUT2D eigenvalue weighted by Gasteiger charge is -2.30. The number of benzene rings is 2. The quantitative estimate of drug-likeness (QED) is 0.654. The zero-order chi connectivity index (χ0) is 14.8. The van der Waals surface area contributed by atoms with E-state index in [-0.39, 0.29) is 6.04 Å². The first-order valence-corrected chi connectivity index (χ1v) is 7.12. The van der Waals surface area contributed by atoms with Gasteiger partial charge in [0.25, 0.3) is 0 Å². The van der Waals surface area contributed by atoms with Gasteiger partial charge in [-0.1, -0.05) is 48.5 Å². The van der Waals surface area contributed by atoms with Crippen LogP contribution in [0.1, 0.15) is 30.0 Å². The van der Waals surface area contributed by atoms with E-state index in [1.54, 1.807) is 0 Å². The van der Waals surface area contributed by atoms with Crippen LogP contribution in [0, 0.1) is 0 Å². The molecule has 0 aliphatic heterocycles. The SMILES string of the molecule is NC(=O)N(O)[C@@H]1CCCc2cc(-c3ccccc3)ccc21. The molecule has 2 aromatic carbocycles. The molecular weight excluding hydrogens is 264 g/mol. The second-order valence-electron chi connectivity index (χ2n) is 5.37. The van der Waals surface area contributed by atoms with Crippen LogP contribution in [0.3, 0.4) is 0 Å². The Morgan fingerprint density at radius 1 is 1.14 bits per heavy atom. The van der Waals surface area contributed by atoms with Crippen molar-refractivity contribution in [1.82, 2.24) is 5.06 Å². The van der Waals surface area contributed by atoms with E-state index in [1.807, 2.05) is 30.3 Å². The van der Waals surface area contributed by atoms with Gasteiger partial charge in [-0.15, -0.1) is 0 Å². The number of fused-ring (bicyclic) bond motifs is 1. The molecule has 0 unspecified atom stereocenters. The predicted octanol–water partition coefficient (Wildman–Crippen LogP) is 3.50. The number of urea groups is 1. The van der Waals surface area contributed by atoms with Crippen molar-refractivity contribution in [2.45, 2.75) is 25.3 Å². The highest BCUT2D eigenvalue weighted by Crippen LogP contribution is 2.35. The molecule has 0 bridgehead atoms. The molecule has 1 aliphatic carbocycles. The van der Waals surface area contributed by atoms with Crippen LogP contribution in [-0.4, -0.2) is 16.3 Å². The van der Waals surface area contributed by atoms with Crippen LogP contribution in [0.15, 0.2) is 48.5 Å². The minimum Gasteiger partial charge on any atom is -0.350 e. The summed E-state index contributed by atoms with van der Waals surface area (Å²) in [4.78, 5) is 11.2. The zero-order valence-electron chi connectivity index (χ0n) is 11.7. The normalized spacial score (nSPS) is 17.1. The summed E-state index contributed by atoms with van der Waals surface area (Å²) in [5.41, 5.74) is 9.66. The summed E-state index contributed by atoms with van der Waals surface area (Å²) in [7, 11) is 0. The van der Waals surface area contributed by atoms with Gasteiger partial charge < -0.3 is 5.73 Å². The molecule has 4 nitrogen and oxygen atoms in total. The van der Waals surface area contributed by atoms with Crippen molar-refractivity contribution < 1.29 is 10.0 Å². The van der Waals surface area contributed by atoms with Crippen molar-refractivity contribution in [2.75, 3.05) is 0 Å². The molecule has 2 aromatic rings. The molecule has 0 heterocycles. The molecular formula is C17H18N2O2. The summed E-state index contributed by atoms with van der Waals surface area (Å²) in [5.74, 6) is 0. The Kier molecular flexibility index (Phi) is 3.62. The van der Waals surface area contributed by atoms with Gasteiger partial charge in [0.1, 0.15) is 0 Å². The Morgan fingerprint density at radius 2 is 1.90 bits per heavy atom. The van der Waals surface area contributed by atoms with Crippen LogP contribution >= 0.6 is 0 Å². The Balaban J connectivity index is 1.98. The van der Waals surface area contributed by atoms with Gasteiger partial charge in [0.15, 0.2) is 0 Å². The highest BCUT2D eigenvalue weighted by molar-refractivity contribution is 5.71. The summed E-state index contributed by atoms with van der Waals surface area (Å²) in [6, 6.07) is 15.2. The van der Waals surface area contributed by atoms with E-state index in [9.17, 15) is 10.0 Å². The van der Waals surface area contributed by atoms with Crippen LogP contribution in [0.5, 0.6) is 0 Å². The van der Waals surface area contributed by atoms with Gasteiger partial charge in [0.05, 0.1) is 6.04 Å². The minimum atomic E-state index is -0.806. The van der Waals surface area contributed by atoms with E-state index in [4.69, 9.17) is 5.73 Å². The molecule has 0 saturated carbocycles. The monoisotopic (exact) mass is 282 g/mol. The van der Waals surface area contributed by atoms with Crippen molar-refractivity contribution in [3.8, 4) is 11.1 Å². The largest absolute Gasteiger partial charge is 0.350 e. The molecule has 1 atom stereocenters. The van der Waals surface area contributed by atoms with Gasteiger partial charge in [0, 0.05) is 0 Å². The first-order valence-electron chi connectivity index (χ1n) is 7.12. The van der Waals surface area contributed by atoms with Crippen LogP contribution in [-0.2, 0) is 6.42 Å². The number of hydrogen-bond donors (Lipinski definition) is 2. The number of rotatable bonds is 2. The molecule has 0 fully saturated rings. The van der Waals surface area contributed by atoms with E-state index < -0.39 is 6.03 Å². The number of carbonyl (C=O) groups is 1. The van der Waals surface area contributed by atoms with Crippen molar-refractivity contribution in [1.29, 1.82) is 0 Å². The lowest BCUT2D eigenvalue weighted by molar-refractivity contribution is -0.0808. The second-order valence-corrected chi connectivity index (χ2v) is 5.37. The molecule has 1 aliphatic rings. The topological polar surface area (TPSA) is 66.6 Å². The number of nitrogens with two attached hydrogens (primary N) is 1. The highest BCUT2D eigenvalue weighted by atomic mass is 16.5. The summed E-state index contributed by atoms with van der Waals surface area (Å²) in [6.45, 7) is 0. The lowest BCUT2D eigenvalue weighted by Crippen LogP contribution is -2.37. The molecule has 0 saturated heterocycles. The third-order valence-electron chi connectivity index (χ3n) is 4.05. The molecule has 21 heavy (non-hydrogen) atoms. The van der Waals surface area contributed by atoms with Gasteiger partial charge in [-0.25, -0.2) is 4.79 Å². The number of nitrogens with zero attached hydrogens (tertiary/aromatic N) is 1. The van der Waals surface area contributed by atoms with Crippen molar-refractivity contribution >= 4 is 6.03 Å². The Hall–Kier alpha value is -2.33. The third-order valence-corrected chi connectivity index (χ3v) is 4.05. The van der Waals surface area contributed by atoms with E-state index in [0.29, 0.717) is 5.06 Å². The molecule has 108 valence electrons. The molecule has 0 aromatic heterocycles. The molecule has 3 rings (SSSR count). The van der Waals surface area contributed by atoms with E-state index in [1.165, 1.54) is 5.56 Å². The summed E-state index contributed by atoms with van der Waals surface area (Å²) >= 11 is 0. The Labute approximate surface area is 123 Å². The summed E-state index contributed by atoms with van der Waals surface area (Å²) in [5, 5.41) is 10.5. The Morgan fingerprint density at radius 3 is 2.62 bits per heavy atom. The van der Waals surface area contributed by atoms with Gasteiger partial charge in [-0.05, 0) is 41.5 Å². The van der Waals surface area contributed by atoms with E-state index in [2.05, 4.69) is 18.2 Å². The third kappa shape index (κ3) is 2.62.